The molecular weight excluding hydrogens is 254 g/mol. The van der Waals surface area contributed by atoms with Gasteiger partial charge >= 0.3 is 0 Å². The molecule has 2 amide bonds. The molecule has 5 heteroatoms. The van der Waals surface area contributed by atoms with Crippen LogP contribution < -0.4 is 16.8 Å². The zero-order chi connectivity index (χ0) is 15.3. The average molecular weight is 277 g/mol. The van der Waals surface area contributed by atoms with E-state index in [2.05, 4.69) is 26.1 Å². The van der Waals surface area contributed by atoms with Gasteiger partial charge in [-0.2, -0.15) is 0 Å². The molecule has 0 bridgehead atoms. The van der Waals surface area contributed by atoms with E-state index >= 15 is 0 Å². The smallest absolute Gasteiger partial charge is 0.248 e. The largest absolute Gasteiger partial charge is 0.366 e. The standard InChI is InChI=1S/C15H23N3O2/c1-15(2,3)8-11(9-16)14(20)18-12-6-4-5-10(7-12)13(17)19/h4-7,11H,8-9,16H2,1-3H3,(H2,17,19)(H,18,20). The molecule has 5 nitrogen and oxygen atoms in total. The topological polar surface area (TPSA) is 98.2 Å². The Labute approximate surface area is 119 Å². The van der Waals surface area contributed by atoms with Crippen LogP contribution in [-0.2, 0) is 4.79 Å². The molecule has 110 valence electrons. The van der Waals surface area contributed by atoms with Crippen LogP contribution in [0.1, 0.15) is 37.6 Å². The molecule has 1 unspecified atom stereocenters. The van der Waals surface area contributed by atoms with E-state index in [1.54, 1.807) is 24.3 Å². The maximum absolute atomic E-state index is 12.2. The van der Waals surface area contributed by atoms with E-state index in [4.69, 9.17) is 11.5 Å². The van der Waals surface area contributed by atoms with Gasteiger partial charge in [-0.15, -0.1) is 0 Å². The highest BCUT2D eigenvalue weighted by Gasteiger charge is 2.23. The molecule has 1 aromatic rings. The predicted molar refractivity (Wildman–Crippen MR) is 80.2 cm³/mol. The number of primary amides is 1. The van der Waals surface area contributed by atoms with Crippen molar-refractivity contribution in [3.63, 3.8) is 0 Å². The Bertz CT molecular complexity index is 492. The Hall–Kier alpha value is -1.88. The van der Waals surface area contributed by atoms with Crippen molar-refractivity contribution in [2.45, 2.75) is 27.2 Å². The van der Waals surface area contributed by atoms with E-state index in [9.17, 15) is 9.59 Å². The molecule has 1 aromatic carbocycles. The number of carbonyl (C=O) groups is 2. The number of nitrogens with two attached hydrogens (primary N) is 2. The Morgan fingerprint density at radius 1 is 1.30 bits per heavy atom. The zero-order valence-corrected chi connectivity index (χ0v) is 12.3. The Morgan fingerprint density at radius 3 is 2.45 bits per heavy atom. The number of benzene rings is 1. The van der Waals surface area contributed by atoms with Gasteiger partial charge in [-0.3, -0.25) is 9.59 Å². The van der Waals surface area contributed by atoms with Crippen molar-refractivity contribution in [2.75, 3.05) is 11.9 Å². The van der Waals surface area contributed by atoms with Crippen LogP contribution in [-0.4, -0.2) is 18.4 Å². The third-order valence-electron chi connectivity index (χ3n) is 2.93. The summed E-state index contributed by atoms with van der Waals surface area (Å²) in [6.07, 6.45) is 0.699. The van der Waals surface area contributed by atoms with Crippen molar-refractivity contribution in [3.8, 4) is 0 Å². The first-order valence-corrected chi connectivity index (χ1v) is 6.64. The van der Waals surface area contributed by atoms with Gasteiger partial charge in [0.05, 0.1) is 5.92 Å². The van der Waals surface area contributed by atoms with Crippen molar-refractivity contribution in [2.24, 2.45) is 22.8 Å². The fourth-order valence-corrected chi connectivity index (χ4v) is 2.02. The van der Waals surface area contributed by atoms with Crippen molar-refractivity contribution in [3.05, 3.63) is 29.8 Å². The summed E-state index contributed by atoms with van der Waals surface area (Å²) in [5, 5.41) is 2.78. The zero-order valence-electron chi connectivity index (χ0n) is 12.3. The summed E-state index contributed by atoms with van der Waals surface area (Å²) in [6.45, 7) is 6.49. The predicted octanol–water partition coefficient (Wildman–Crippen LogP) is 1.74. The third-order valence-corrected chi connectivity index (χ3v) is 2.93. The van der Waals surface area contributed by atoms with Gasteiger partial charge in [-0.05, 0) is 30.0 Å². The van der Waals surface area contributed by atoms with Gasteiger partial charge in [-0.25, -0.2) is 0 Å². The van der Waals surface area contributed by atoms with Gasteiger partial charge in [0.1, 0.15) is 0 Å². The second-order valence-electron chi connectivity index (χ2n) is 6.13. The highest BCUT2D eigenvalue weighted by Crippen LogP contribution is 2.25. The van der Waals surface area contributed by atoms with Crippen LogP contribution in [0.2, 0.25) is 0 Å². The van der Waals surface area contributed by atoms with Crippen LogP contribution in [0.5, 0.6) is 0 Å². The number of hydrogen-bond acceptors (Lipinski definition) is 3. The number of hydrogen-bond donors (Lipinski definition) is 3. The molecule has 1 atom stereocenters. The molecule has 5 N–H and O–H groups in total. The monoisotopic (exact) mass is 277 g/mol. The number of amides is 2. The Balaban J connectivity index is 2.78. The van der Waals surface area contributed by atoms with E-state index in [0.29, 0.717) is 24.2 Å². The van der Waals surface area contributed by atoms with E-state index in [0.717, 1.165) is 0 Å². The summed E-state index contributed by atoms with van der Waals surface area (Å²) < 4.78 is 0. The molecule has 0 saturated heterocycles. The number of anilines is 1. The van der Waals surface area contributed by atoms with Gasteiger partial charge in [-0.1, -0.05) is 26.8 Å². The van der Waals surface area contributed by atoms with Crippen molar-refractivity contribution in [1.82, 2.24) is 0 Å². The fourth-order valence-electron chi connectivity index (χ4n) is 2.02. The van der Waals surface area contributed by atoms with Gasteiger partial charge < -0.3 is 16.8 Å². The lowest BCUT2D eigenvalue weighted by Gasteiger charge is -2.24. The molecule has 0 aromatic heterocycles. The summed E-state index contributed by atoms with van der Waals surface area (Å²) >= 11 is 0. The summed E-state index contributed by atoms with van der Waals surface area (Å²) in [7, 11) is 0. The fraction of sp³-hybridized carbons (Fsp3) is 0.467. The van der Waals surface area contributed by atoms with Crippen LogP contribution >= 0.6 is 0 Å². The van der Waals surface area contributed by atoms with E-state index in [-0.39, 0.29) is 17.2 Å². The van der Waals surface area contributed by atoms with Crippen LogP contribution in [0, 0.1) is 11.3 Å². The lowest BCUT2D eigenvalue weighted by Crippen LogP contribution is -2.32. The minimum absolute atomic E-state index is 0.0243. The third kappa shape index (κ3) is 5.01. The van der Waals surface area contributed by atoms with E-state index in [1.807, 2.05) is 0 Å². The highest BCUT2D eigenvalue weighted by atomic mass is 16.2. The maximum Gasteiger partial charge on any atom is 0.248 e. The van der Waals surface area contributed by atoms with Gasteiger partial charge in [0.2, 0.25) is 11.8 Å². The van der Waals surface area contributed by atoms with Crippen LogP contribution in [0.15, 0.2) is 24.3 Å². The van der Waals surface area contributed by atoms with Crippen molar-refractivity contribution < 1.29 is 9.59 Å². The van der Waals surface area contributed by atoms with Crippen molar-refractivity contribution >= 4 is 17.5 Å². The van der Waals surface area contributed by atoms with Gasteiger partial charge in [0.15, 0.2) is 0 Å². The quantitative estimate of drug-likeness (QED) is 0.764. The molecule has 0 aliphatic carbocycles. The second-order valence-corrected chi connectivity index (χ2v) is 6.13. The summed E-state index contributed by atoms with van der Waals surface area (Å²) in [6, 6.07) is 6.56. The van der Waals surface area contributed by atoms with Gasteiger partial charge in [0, 0.05) is 17.8 Å². The molecule has 0 aliphatic heterocycles. The number of nitrogens with one attached hydrogen (secondary N) is 1. The first-order valence-electron chi connectivity index (χ1n) is 6.64. The molecule has 0 aliphatic rings. The van der Waals surface area contributed by atoms with Crippen molar-refractivity contribution in [1.29, 1.82) is 0 Å². The lowest BCUT2D eigenvalue weighted by molar-refractivity contribution is -0.120. The van der Waals surface area contributed by atoms with E-state index < -0.39 is 5.91 Å². The molecule has 0 heterocycles. The molecule has 0 radical (unpaired) electrons. The normalized spacial score (nSPS) is 12.8. The summed E-state index contributed by atoms with van der Waals surface area (Å²) in [5.74, 6) is -0.914. The van der Waals surface area contributed by atoms with Crippen LogP contribution in [0.25, 0.3) is 0 Å². The Morgan fingerprint density at radius 2 is 1.95 bits per heavy atom. The first kappa shape index (κ1) is 16.2. The molecule has 20 heavy (non-hydrogen) atoms. The lowest BCUT2D eigenvalue weighted by atomic mass is 9.84. The van der Waals surface area contributed by atoms with Gasteiger partial charge in [0.25, 0.3) is 0 Å². The number of carbonyl (C=O) groups excluding carboxylic acids is 2. The average Bonchev–Trinajstić information content (AvgIpc) is 2.35. The molecule has 0 fully saturated rings. The summed E-state index contributed by atoms with van der Waals surface area (Å²) in [5.41, 5.74) is 11.8. The maximum atomic E-state index is 12.2. The summed E-state index contributed by atoms with van der Waals surface area (Å²) in [4.78, 5) is 23.3. The first-order chi connectivity index (χ1) is 9.23. The van der Waals surface area contributed by atoms with Crippen LogP contribution in [0.4, 0.5) is 5.69 Å². The molecule has 0 saturated carbocycles. The van der Waals surface area contributed by atoms with Crippen LogP contribution in [0.3, 0.4) is 0 Å². The minimum Gasteiger partial charge on any atom is -0.366 e. The Kier molecular flexibility index (Phi) is 5.27. The molecular formula is C15H23N3O2. The molecule has 0 spiro atoms. The second kappa shape index (κ2) is 6.52. The molecule has 1 rings (SSSR count). The number of rotatable bonds is 5. The minimum atomic E-state index is -0.522. The van der Waals surface area contributed by atoms with E-state index in [1.165, 1.54) is 0 Å². The SMILES string of the molecule is CC(C)(C)CC(CN)C(=O)Nc1cccc(C(N)=O)c1. The highest BCUT2D eigenvalue weighted by molar-refractivity contribution is 5.96.